The molecule has 2 fully saturated rings. The topological polar surface area (TPSA) is 46.3 Å². The summed E-state index contributed by atoms with van der Waals surface area (Å²) in [5.41, 5.74) is 5.74. The van der Waals surface area contributed by atoms with Gasteiger partial charge in [0.15, 0.2) is 0 Å². The summed E-state index contributed by atoms with van der Waals surface area (Å²) < 4.78 is 0. The Kier molecular flexibility index (Phi) is 3.53. The van der Waals surface area contributed by atoms with Crippen molar-refractivity contribution in [2.75, 3.05) is 6.54 Å². The molecule has 3 heteroatoms. The maximum absolute atomic E-state index is 12.1. The molecule has 2 N–H and O–H groups in total. The molecule has 0 aromatic carbocycles. The lowest BCUT2D eigenvalue weighted by Gasteiger charge is -2.48. The summed E-state index contributed by atoms with van der Waals surface area (Å²) in [4.78, 5) is 14.2. The normalized spacial score (nSPS) is 36.7. The van der Waals surface area contributed by atoms with Gasteiger partial charge in [0.1, 0.15) is 0 Å². The number of nitrogens with zero attached hydrogens (tertiary/aromatic N) is 1. The number of hydrogen-bond donors (Lipinski definition) is 1. The number of likely N-dealkylation sites (tertiary alicyclic amines) is 1. The van der Waals surface area contributed by atoms with Gasteiger partial charge in [-0.15, -0.1) is 0 Å². The predicted octanol–water partition coefficient (Wildman–Crippen LogP) is 1.76. The fourth-order valence-corrected chi connectivity index (χ4v) is 3.58. The molecule has 92 valence electrons. The highest BCUT2D eigenvalue weighted by atomic mass is 16.2. The van der Waals surface area contributed by atoms with Gasteiger partial charge in [-0.05, 0) is 44.4 Å². The van der Waals surface area contributed by atoms with Gasteiger partial charge in [0.2, 0.25) is 5.91 Å². The van der Waals surface area contributed by atoms with Crippen LogP contribution in [0.4, 0.5) is 0 Å². The molecule has 2 aliphatic rings. The van der Waals surface area contributed by atoms with Crippen molar-refractivity contribution < 1.29 is 4.79 Å². The SMILES string of the molecule is C[C@H](N)C(=O)N1CCC[C@H]2CCC[C@@H](C)[C@@H]21. The molecular weight excluding hydrogens is 200 g/mol. The van der Waals surface area contributed by atoms with Gasteiger partial charge in [-0.25, -0.2) is 0 Å². The zero-order valence-corrected chi connectivity index (χ0v) is 10.5. The van der Waals surface area contributed by atoms with Gasteiger partial charge in [0.05, 0.1) is 6.04 Å². The van der Waals surface area contributed by atoms with E-state index in [2.05, 4.69) is 11.8 Å². The summed E-state index contributed by atoms with van der Waals surface area (Å²) in [6.07, 6.45) is 6.37. The van der Waals surface area contributed by atoms with E-state index in [4.69, 9.17) is 5.73 Å². The van der Waals surface area contributed by atoms with E-state index in [1.165, 1.54) is 25.7 Å². The Morgan fingerprint density at radius 2 is 2.00 bits per heavy atom. The minimum atomic E-state index is -0.340. The maximum Gasteiger partial charge on any atom is 0.239 e. The van der Waals surface area contributed by atoms with Crippen molar-refractivity contribution in [3.63, 3.8) is 0 Å². The van der Waals surface area contributed by atoms with Crippen molar-refractivity contribution in [3.8, 4) is 0 Å². The second kappa shape index (κ2) is 4.74. The molecule has 1 saturated carbocycles. The summed E-state index contributed by atoms with van der Waals surface area (Å²) in [6.45, 7) is 5.02. The molecule has 0 bridgehead atoms. The first-order valence-electron chi connectivity index (χ1n) is 6.67. The van der Waals surface area contributed by atoms with Crippen LogP contribution < -0.4 is 5.73 Å². The van der Waals surface area contributed by atoms with E-state index in [0.29, 0.717) is 12.0 Å². The van der Waals surface area contributed by atoms with Crippen LogP contribution in [0, 0.1) is 11.8 Å². The van der Waals surface area contributed by atoms with Crippen LogP contribution in [0.5, 0.6) is 0 Å². The van der Waals surface area contributed by atoms with E-state index >= 15 is 0 Å². The van der Waals surface area contributed by atoms with Crippen molar-refractivity contribution in [2.45, 2.75) is 58.0 Å². The smallest absolute Gasteiger partial charge is 0.239 e. The molecule has 0 aromatic heterocycles. The Morgan fingerprint density at radius 1 is 1.31 bits per heavy atom. The predicted molar refractivity (Wildman–Crippen MR) is 64.9 cm³/mol. The molecule has 1 heterocycles. The molecule has 2 rings (SSSR count). The van der Waals surface area contributed by atoms with E-state index in [1.54, 1.807) is 6.92 Å². The average Bonchev–Trinajstić information content (AvgIpc) is 2.27. The molecule has 3 nitrogen and oxygen atoms in total. The minimum Gasteiger partial charge on any atom is -0.338 e. The number of hydrogen-bond acceptors (Lipinski definition) is 2. The van der Waals surface area contributed by atoms with Gasteiger partial charge >= 0.3 is 0 Å². The number of carbonyl (C=O) groups is 1. The van der Waals surface area contributed by atoms with Crippen LogP contribution in [0.3, 0.4) is 0 Å². The van der Waals surface area contributed by atoms with Crippen molar-refractivity contribution in [1.82, 2.24) is 4.90 Å². The first kappa shape index (κ1) is 11.9. The van der Waals surface area contributed by atoms with Crippen molar-refractivity contribution in [2.24, 2.45) is 17.6 Å². The third-order valence-electron chi connectivity index (χ3n) is 4.31. The molecule has 4 atom stereocenters. The number of carbonyl (C=O) groups excluding carboxylic acids is 1. The van der Waals surface area contributed by atoms with Crippen molar-refractivity contribution in [3.05, 3.63) is 0 Å². The number of piperidine rings is 1. The summed E-state index contributed by atoms with van der Waals surface area (Å²) in [5.74, 6) is 1.55. The maximum atomic E-state index is 12.1. The van der Waals surface area contributed by atoms with Crippen LogP contribution in [0.1, 0.15) is 46.0 Å². The van der Waals surface area contributed by atoms with Gasteiger partial charge in [-0.3, -0.25) is 4.79 Å². The van der Waals surface area contributed by atoms with Crippen LogP contribution in [0.25, 0.3) is 0 Å². The molecule has 1 amide bonds. The van der Waals surface area contributed by atoms with Gasteiger partial charge in [-0.2, -0.15) is 0 Å². The first-order valence-corrected chi connectivity index (χ1v) is 6.67. The Morgan fingerprint density at radius 3 is 2.69 bits per heavy atom. The second-order valence-electron chi connectivity index (χ2n) is 5.62. The zero-order chi connectivity index (χ0) is 11.7. The van der Waals surface area contributed by atoms with E-state index < -0.39 is 0 Å². The fraction of sp³-hybridized carbons (Fsp3) is 0.923. The average molecular weight is 224 g/mol. The zero-order valence-electron chi connectivity index (χ0n) is 10.5. The number of rotatable bonds is 1. The van der Waals surface area contributed by atoms with Gasteiger partial charge in [0.25, 0.3) is 0 Å². The van der Waals surface area contributed by atoms with Crippen LogP contribution in [-0.2, 0) is 4.79 Å². The highest BCUT2D eigenvalue weighted by Crippen LogP contribution is 2.38. The van der Waals surface area contributed by atoms with E-state index in [1.807, 2.05) is 0 Å². The molecule has 1 saturated heterocycles. The quantitative estimate of drug-likeness (QED) is 0.737. The Hall–Kier alpha value is -0.570. The summed E-state index contributed by atoms with van der Waals surface area (Å²) in [7, 11) is 0. The number of nitrogens with two attached hydrogens (primary N) is 1. The third kappa shape index (κ3) is 2.10. The lowest BCUT2D eigenvalue weighted by molar-refractivity contribution is -0.140. The first-order chi connectivity index (χ1) is 7.61. The Balaban J connectivity index is 2.14. The standard InChI is InChI=1S/C13H24N2O/c1-9-5-3-6-11-7-4-8-15(12(9)11)13(16)10(2)14/h9-12H,3-8,14H2,1-2H3/t9-,10+,11-,12+/m1/s1. The van der Waals surface area contributed by atoms with Crippen molar-refractivity contribution >= 4 is 5.91 Å². The molecule has 1 aliphatic carbocycles. The number of fused-ring (bicyclic) bond motifs is 1. The fourth-order valence-electron chi connectivity index (χ4n) is 3.58. The highest BCUT2D eigenvalue weighted by Gasteiger charge is 2.39. The summed E-state index contributed by atoms with van der Waals surface area (Å²) in [5, 5.41) is 0. The van der Waals surface area contributed by atoms with Gasteiger partial charge in [0, 0.05) is 12.6 Å². The molecule has 16 heavy (non-hydrogen) atoms. The van der Waals surface area contributed by atoms with Crippen molar-refractivity contribution in [1.29, 1.82) is 0 Å². The highest BCUT2D eigenvalue weighted by molar-refractivity contribution is 5.81. The molecule has 1 aliphatic heterocycles. The van der Waals surface area contributed by atoms with Gasteiger partial charge in [-0.1, -0.05) is 13.3 Å². The molecular formula is C13H24N2O. The van der Waals surface area contributed by atoms with E-state index in [-0.39, 0.29) is 11.9 Å². The number of amides is 1. The minimum absolute atomic E-state index is 0.156. The lowest BCUT2D eigenvalue weighted by Crippen LogP contribution is -2.56. The largest absolute Gasteiger partial charge is 0.338 e. The van der Waals surface area contributed by atoms with Gasteiger partial charge < -0.3 is 10.6 Å². The Bertz CT molecular complexity index is 263. The van der Waals surface area contributed by atoms with Crippen LogP contribution >= 0.6 is 0 Å². The van der Waals surface area contributed by atoms with Crippen LogP contribution in [-0.4, -0.2) is 29.4 Å². The van der Waals surface area contributed by atoms with Crippen LogP contribution in [0.2, 0.25) is 0 Å². The van der Waals surface area contributed by atoms with E-state index in [0.717, 1.165) is 18.9 Å². The summed E-state index contributed by atoms with van der Waals surface area (Å²) in [6, 6.07) is 0.133. The molecule has 0 aromatic rings. The second-order valence-corrected chi connectivity index (χ2v) is 5.62. The van der Waals surface area contributed by atoms with Crippen LogP contribution in [0.15, 0.2) is 0 Å². The molecule has 0 spiro atoms. The monoisotopic (exact) mass is 224 g/mol. The Labute approximate surface area is 98.4 Å². The third-order valence-corrected chi connectivity index (χ3v) is 4.31. The van der Waals surface area contributed by atoms with E-state index in [9.17, 15) is 4.79 Å². The summed E-state index contributed by atoms with van der Waals surface area (Å²) >= 11 is 0. The molecule has 0 radical (unpaired) electrons. The molecule has 0 unspecified atom stereocenters. The lowest BCUT2D eigenvalue weighted by atomic mass is 9.73.